The van der Waals surface area contributed by atoms with Gasteiger partial charge >= 0.3 is 6.16 Å². The Morgan fingerprint density at radius 1 is 1.36 bits per heavy atom. The van der Waals surface area contributed by atoms with Crippen LogP contribution in [-0.2, 0) is 14.2 Å². The molecule has 0 aliphatic carbocycles. The third kappa shape index (κ3) is 7.08. The molecule has 0 aromatic carbocycles. The number of carbonyl (C=O) groups excluding carboxylic acids is 1. The van der Waals surface area contributed by atoms with Gasteiger partial charge in [-0.2, -0.15) is 0 Å². The average Bonchev–Trinajstić information content (AvgIpc) is 2.04. The number of ether oxygens (including phenoxy) is 3. The van der Waals surface area contributed by atoms with Crippen molar-refractivity contribution in [2.75, 3.05) is 33.5 Å². The standard InChI is InChI=1S/C6H12O5/c1-9-6(8)11-5-4-10-3-2-7/h7H,2-5H2,1H3. The van der Waals surface area contributed by atoms with Gasteiger partial charge in [-0.05, 0) is 0 Å². The Balaban J connectivity index is 2.95. The minimum atomic E-state index is -0.724. The van der Waals surface area contributed by atoms with Crippen LogP contribution < -0.4 is 0 Å². The molecule has 0 rings (SSSR count). The van der Waals surface area contributed by atoms with Crippen molar-refractivity contribution in [2.24, 2.45) is 0 Å². The Morgan fingerprint density at radius 3 is 2.64 bits per heavy atom. The summed E-state index contributed by atoms with van der Waals surface area (Å²) < 4.78 is 13.5. The predicted molar refractivity (Wildman–Crippen MR) is 36.3 cm³/mol. The van der Waals surface area contributed by atoms with Gasteiger partial charge in [0.15, 0.2) is 0 Å². The van der Waals surface area contributed by atoms with E-state index in [2.05, 4.69) is 9.47 Å². The predicted octanol–water partition coefficient (Wildman–Crippen LogP) is -0.222. The smallest absolute Gasteiger partial charge is 0.438 e. The molecule has 0 heterocycles. The Bertz CT molecular complexity index is 103. The van der Waals surface area contributed by atoms with Crippen LogP contribution in [0.15, 0.2) is 0 Å². The number of aliphatic hydroxyl groups excluding tert-OH is 1. The number of aliphatic hydroxyl groups is 1. The minimum absolute atomic E-state index is 0.0295. The molecule has 0 bridgehead atoms. The van der Waals surface area contributed by atoms with E-state index in [0.717, 1.165) is 0 Å². The molecule has 5 nitrogen and oxygen atoms in total. The molecule has 0 fully saturated rings. The Kier molecular flexibility index (Phi) is 6.76. The molecule has 5 heteroatoms. The van der Waals surface area contributed by atoms with E-state index < -0.39 is 6.16 Å². The van der Waals surface area contributed by atoms with Crippen molar-refractivity contribution in [1.82, 2.24) is 0 Å². The normalized spacial score (nSPS) is 9.27. The zero-order valence-electron chi connectivity index (χ0n) is 6.41. The second-order valence-electron chi connectivity index (χ2n) is 1.64. The highest BCUT2D eigenvalue weighted by molar-refractivity contribution is 5.59. The van der Waals surface area contributed by atoms with Crippen LogP contribution in [0.5, 0.6) is 0 Å². The molecule has 0 aliphatic rings. The molecule has 0 saturated heterocycles. The maximum atomic E-state index is 10.3. The van der Waals surface area contributed by atoms with Gasteiger partial charge in [-0.25, -0.2) is 4.79 Å². The fourth-order valence-electron chi connectivity index (χ4n) is 0.409. The summed E-state index contributed by atoms with van der Waals surface area (Å²) in [5.74, 6) is 0. The summed E-state index contributed by atoms with van der Waals surface area (Å²) >= 11 is 0. The third-order valence-corrected chi connectivity index (χ3v) is 0.850. The lowest BCUT2D eigenvalue weighted by atomic mass is 10.7. The monoisotopic (exact) mass is 164 g/mol. The molecule has 11 heavy (non-hydrogen) atoms. The molecular formula is C6H12O5. The number of rotatable bonds is 5. The van der Waals surface area contributed by atoms with Crippen molar-refractivity contribution in [1.29, 1.82) is 0 Å². The lowest BCUT2D eigenvalue weighted by Gasteiger charge is -2.02. The van der Waals surface area contributed by atoms with Gasteiger partial charge in [0.1, 0.15) is 6.61 Å². The molecule has 0 saturated carbocycles. The number of methoxy groups -OCH3 is 1. The molecule has 66 valence electrons. The minimum Gasteiger partial charge on any atom is -0.438 e. The first-order chi connectivity index (χ1) is 5.31. The van der Waals surface area contributed by atoms with E-state index in [1.165, 1.54) is 7.11 Å². The van der Waals surface area contributed by atoms with Crippen molar-refractivity contribution >= 4 is 6.16 Å². The molecule has 0 unspecified atom stereocenters. The SMILES string of the molecule is COC(=O)OCCOCCO. The second kappa shape index (κ2) is 7.30. The van der Waals surface area contributed by atoms with Crippen molar-refractivity contribution in [3.8, 4) is 0 Å². The highest BCUT2D eigenvalue weighted by atomic mass is 16.7. The van der Waals surface area contributed by atoms with E-state index in [-0.39, 0.29) is 26.4 Å². The molecular weight excluding hydrogens is 152 g/mol. The third-order valence-electron chi connectivity index (χ3n) is 0.850. The van der Waals surface area contributed by atoms with E-state index in [1.54, 1.807) is 0 Å². The van der Waals surface area contributed by atoms with Gasteiger partial charge in [0.2, 0.25) is 0 Å². The topological polar surface area (TPSA) is 65.0 Å². The van der Waals surface area contributed by atoms with E-state index in [4.69, 9.17) is 9.84 Å². The fraction of sp³-hybridized carbons (Fsp3) is 0.833. The van der Waals surface area contributed by atoms with Gasteiger partial charge in [0.05, 0.1) is 26.9 Å². The molecule has 0 spiro atoms. The van der Waals surface area contributed by atoms with Gasteiger partial charge in [-0.3, -0.25) is 0 Å². The molecule has 0 aromatic rings. The van der Waals surface area contributed by atoms with Gasteiger partial charge in [0.25, 0.3) is 0 Å². The van der Waals surface area contributed by atoms with E-state index in [1.807, 2.05) is 0 Å². The molecule has 0 aromatic heterocycles. The summed E-state index contributed by atoms with van der Waals surface area (Å²) in [5.41, 5.74) is 0. The maximum Gasteiger partial charge on any atom is 0.508 e. The van der Waals surface area contributed by atoms with Crippen LogP contribution in [0.1, 0.15) is 0 Å². The van der Waals surface area contributed by atoms with E-state index in [0.29, 0.717) is 0 Å². The van der Waals surface area contributed by atoms with Crippen molar-refractivity contribution < 1.29 is 24.1 Å². The van der Waals surface area contributed by atoms with Gasteiger partial charge in [0, 0.05) is 0 Å². The summed E-state index contributed by atoms with van der Waals surface area (Å²) in [6.07, 6.45) is -0.724. The quantitative estimate of drug-likeness (QED) is 0.449. The lowest BCUT2D eigenvalue weighted by Crippen LogP contribution is -2.11. The first-order valence-electron chi connectivity index (χ1n) is 3.20. The molecule has 0 radical (unpaired) electrons. The Morgan fingerprint density at radius 2 is 2.09 bits per heavy atom. The van der Waals surface area contributed by atoms with Crippen molar-refractivity contribution in [3.05, 3.63) is 0 Å². The van der Waals surface area contributed by atoms with Crippen LogP contribution in [0.2, 0.25) is 0 Å². The molecule has 0 atom stereocenters. The summed E-state index contributed by atoms with van der Waals surface area (Å²) in [5, 5.41) is 8.26. The molecule has 1 N–H and O–H groups in total. The number of hydrogen-bond donors (Lipinski definition) is 1. The van der Waals surface area contributed by atoms with Crippen LogP contribution in [0.3, 0.4) is 0 Å². The first kappa shape index (κ1) is 10.2. The van der Waals surface area contributed by atoms with Crippen LogP contribution in [0.4, 0.5) is 4.79 Å². The zero-order valence-corrected chi connectivity index (χ0v) is 6.41. The summed E-state index contributed by atoms with van der Waals surface area (Å²) in [7, 11) is 1.23. The van der Waals surface area contributed by atoms with Gasteiger partial charge < -0.3 is 19.3 Å². The Hall–Kier alpha value is -0.810. The van der Waals surface area contributed by atoms with Gasteiger partial charge in [-0.1, -0.05) is 0 Å². The summed E-state index contributed by atoms with van der Waals surface area (Å²) in [4.78, 5) is 10.3. The van der Waals surface area contributed by atoms with Gasteiger partial charge in [-0.15, -0.1) is 0 Å². The lowest BCUT2D eigenvalue weighted by molar-refractivity contribution is 0.0286. The maximum absolute atomic E-state index is 10.3. The van der Waals surface area contributed by atoms with Crippen LogP contribution >= 0.6 is 0 Å². The first-order valence-corrected chi connectivity index (χ1v) is 3.20. The largest absolute Gasteiger partial charge is 0.508 e. The number of hydrogen-bond acceptors (Lipinski definition) is 5. The summed E-state index contributed by atoms with van der Waals surface area (Å²) in [6, 6.07) is 0. The molecule has 0 aliphatic heterocycles. The average molecular weight is 164 g/mol. The van der Waals surface area contributed by atoms with E-state index >= 15 is 0 Å². The zero-order chi connectivity index (χ0) is 8.53. The fourth-order valence-corrected chi connectivity index (χ4v) is 0.409. The van der Waals surface area contributed by atoms with E-state index in [9.17, 15) is 4.79 Å². The highest BCUT2D eigenvalue weighted by Gasteiger charge is 1.97. The second-order valence-corrected chi connectivity index (χ2v) is 1.64. The highest BCUT2D eigenvalue weighted by Crippen LogP contribution is 1.82. The van der Waals surface area contributed by atoms with Crippen LogP contribution in [-0.4, -0.2) is 44.8 Å². The van der Waals surface area contributed by atoms with Crippen LogP contribution in [0, 0.1) is 0 Å². The molecule has 0 amide bonds. The number of carbonyl (C=O) groups is 1. The Labute approximate surface area is 64.9 Å². The summed E-state index contributed by atoms with van der Waals surface area (Å²) in [6.45, 7) is 0.644. The van der Waals surface area contributed by atoms with Crippen LogP contribution in [0.25, 0.3) is 0 Å². The van der Waals surface area contributed by atoms with Crippen molar-refractivity contribution in [3.63, 3.8) is 0 Å². The van der Waals surface area contributed by atoms with Crippen molar-refractivity contribution in [2.45, 2.75) is 0 Å².